The molecule has 3 nitrogen and oxygen atoms in total. The summed E-state index contributed by atoms with van der Waals surface area (Å²) in [7, 11) is 2.15. The van der Waals surface area contributed by atoms with Crippen molar-refractivity contribution >= 4 is 0 Å². The number of hydrogen-bond acceptors (Lipinski definition) is 3. The Balaban J connectivity index is 1.90. The van der Waals surface area contributed by atoms with Gasteiger partial charge in [0.05, 0.1) is 6.10 Å². The molecule has 1 rings (SSSR count). The van der Waals surface area contributed by atoms with Gasteiger partial charge in [-0.1, -0.05) is 6.08 Å². The van der Waals surface area contributed by atoms with Gasteiger partial charge in [-0.05, 0) is 71.0 Å². The fraction of sp³-hybridized carbons (Fsp3) is 0.875. The van der Waals surface area contributed by atoms with Crippen LogP contribution in [0.3, 0.4) is 0 Å². The third kappa shape index (κ3) is 7.71. The molecule has 1 saturated carbocycles. The number of rotatable bonds is 10. The zero-order chi connectivity index (χ0) is 13.9. The van der Waals surface area contributed by atoms with Crippen molar-refractivity contribution in [1.82, 2.24) is 4.90 Å². The van der Waals surface area contributed by atoms with Crippen molar-refractivity contribution in [3.05, 3.63) is 12.7 Å². The Labute approximate surface area is 119 Å². The second kappa shape index (κ2) is 10.4. The van der Waals surface area contributed by atoms with Crippen LogP contribution in [0, 0.1) is 5.92 Å². The number of unbranched alkanes of at least 4 members (excludes halogenated alkanes) is 2. The van der Waals surface area contributed by atoms with E-state index in [9.17, 15) is 0 Å². The summed E-state index contributed by atoms with van der Waals surface area (Å²) in [4.78, 5) is 2.31. The van der Waals surface area contributed by atoms with Crippen LogP contribution in [0.4, 0.5) is 0 Å². The molecule has 3 heteroatoms. The van der Waals surface area contributed by atoms with E-state index >= 15 is 0 Å². The monoisotopic (exact) mass is 268 g/mol. The molecule has 0 heterocycles. The molecular weight excluding hydrogens is 236 g/mol. The number of nitrogens with two attached hydrogens (primary N) is 1. The number of nitrogens with zero attached hydrogens (tertiary/aromatic N) is 1. The Morgan fingerprint density at radius 1 is 1.21 bits per heavy atom. The summed E-state index contributed by atoms with van der Waals surface area (Å²) < 4.78 is 5.96. The predicted octanol–water partition coefficient (Wildman–Crippen LogP) is 2.81. The largest absolute Gasteiger partial charge is 0.378 e. The fourth-order valence-electron chi connectivity index (χ4n) is 2.76. The first-order valence-electron chi connectivity index (χ1n) is 7.87. The Morgan fingerprint density at radius 2 is 1.95 bits per heavy atom. The zero-order valence-electron chi connectivity index (χ0n) is 12.7. The summed E-state index contributed by atoms with van der Waals surface area (Å²) in [6.07, 6.45) is 11.1. The summed E-state index contributed by atoms with van der Waals surface area (Å²) in [6, 6.07) is 0. The third-order valence-electron chi connectivity index (χ3n) is 4.11. The summed E-state index contributed by atoms with van der Waals surface area (Å²) in [6.45, 7) is 7.69. The highest BCUT2D eigenvalue weighted by Gasteiger charge is 2.20. The standard InChI is InChI=1S/C16H32N2O/c1-3-11-18(2)12-5-4-6-13-19-16-9-7-15(14-17)8-10-16/h3,15-16H,1,4-14,17H2,2H3. The van der Waals surface area contributed by atoms with E-state index in [2.05, 4.69) is 18.5 Å². The maximum Gasteiger partial charge on any atom is 0.0575 e. The molecule has 1 aliphatic carbocycles. The van der Waals surface area contributed by atoms with Crippen LogP contribution >= 0.6 is 0 Å². The molecule has 0 radical (unpaired) electrons. The molecule has 0 amide bonds. The highest BCUT2D eigenvalue weighted by molar-refractivity contribution is 4.73. The van der Waals surface area contributed by atoms with Gasteiger partial charge in [0.25, 0.3) is 0 Å². The van der Waals surface area contributed by atoms with Crippen LogP contribution < -0.4 is 5.73 Å². The number of hydrogen-bond donors (Lipinski definition) is 1. The van der Waals surface area contributed by atoms with E-state index in [0.29, 0.717) is 6.10 Å². The SMILES string of the molecule is C=CCN(C)CCCCCOC1CCC(CN)CC1. The molecule has 0 atom stereocenters. The van der Waals surface area contributed by atoms with Crippen molar-refractivity contribution in [2.75, 3.05) is 33.3 Å². The fourth-order valence-corrected chi connectivity index (χ4v) is 2.76. The van der Waals surface area contributed by atoms with Gasteiger partial charge >= 0.3 is 0 Å². The van der Waals surface area contributed by atoms with Gasteiger partial charge < -0.3 is 15.4 Å². The molecule has 0 unspecified atom stereocenters. The van der Waals surface area contributed by atoms with Crippen LogP contribution in [-0.4, -0.2) is 44.3 Å². The maximum absolute atomic E-state index is 5.96. The Hall–Kier alpha value is -0.380. The van der Waals surface area contributed by atoms with Crippen LogP contribution in [0.25, 0.3) is 0 Å². The summed E-state index contributed by atoms with van der Waals surface area (Å²) in [5.41, 5.74) is 5.70. The van der Waals surface area contributed by atoms with Gasteiger partial charge in [-0.3, -0.25) is 0 Å². The molecule has 2 N–H and O–H groups in total. The summed E-state index contributed by atoms with van der Waals surface area (Å²) >= 11 is 0. The van der Waals surface area contributed by atoms with Gasteiger partial charge in [0.1, 0.15) is 0 Å². The average Bonchev–Trinajstić information content (AvgIpc) is 2.43. The van der Waals surface area contributed by atoms with Crippen molar-refractivity contribution in [1.29, 1.82) is 0 Å². The third-order valence-corrected chi connectivity index (χ3v) is 4.11. The minimum absolute atomic E-state index is 0.506. The smallest absolute Gasteiger partial charge is 0.0575 e. The molecule has 19 heavy (non-hydrogen) atoms. The molecule has 0 bridgehead atoms. The van der Waals surface area contributed by atoms with Crippen LogP contribution in [0.15, 0.2) is 12.7 Å². The molecule has 0 aliphatic heterocycles. The Morgan fingerprint density at radius 3 is 2.58 bits per heavy atom. The second-order valence-electron chi connectivity index (χ2n) is 5.86. The van der Waals surface area contributed by atoms with Crippen molar-refractivity contribution in [3.8, 4) is 0 Å². The molecule has 112 valence electrons. The van der Waals surface area contributed by atoms with Gasteiger partial charge in [-0.15, -0.1) is 6.58 Å². The lowest BCUT2D eigenvalue weighted by Crippen LogP contribution is -2.26. The van der Waals surface area contributed by atoms with Crippen molar-refractivity contribution in [2.24, 2.45) is 11.7 Å². The highest BCUT2D eigenvalue weighted by atomic mass is 16.5. The molecule has 0 aromatic rings. The van der Waals surface area contributed by atoms with Gasteiger partial charge in [-0.25, -0.2) is 0 Å². The Bertz CT molecular complexity index is 225. The number of likely N-dealkylation sites (N-methyl/N-ethyl adjacent to an activating group) is 1. The van der Waals surface area contributed by atoms with Crippen LogP contribution in [0.2, 0.25) is 0 Å². The van der Waals surface area contributed by atoms with E-state index in [1.807, 2.05) is 6.08 Å². The molecule has 0 saturated heterocycles. The normalized spacial score (nSPS) is 23.7. The lowest BCUT2D eigenvalue weighted by molar-refractivity contribution is 0.0169. The van der Waals surface area contributed by atoms with Crippen molar-refractivity contribution in [2.45, 2.75) is 51.0 Å². The minimum Gasteiger partial charge on any atom is -0.378 e. The molecular formula is C16H32N2O. The molecule has 1 aliphatic rings. The quantitative estimate of drug-likeness (QED) is 0.489. The first-order valence-corrected chi connectivity index (χ1v) is 7.87. The molecule has 1 fully saturated rings. The van der Waals surface area contributed by atoms with E-state index in [-0.39, 0.29) is 0 Å². The lowest BCUT2D eigenvalue weighted by atomic mass is 9.87. The Kier molecular flexibility index (Phi) is 9.14. The second-order valence-corrected chi connectivity index (χ2v) is 5.86. The van der Waals surface area contributed by atoms with Gasteiger partial charge in [0.2, 0.25) is 0 Å². The first kappa shape index (κ1) is 16.7. The van der Waals surface area contributed by atoms with Crippen LogP contribution in [-0.2, 0) is 4.74 Å². The topological polar surface area (TPSA) is 38.5 Å². The number of ether oxygens (including phenoxy) is 1. The molecule has 0 spiro atoms. The minimum atomic E-state index is 0.506. The van der Waals surface area contributed by atoms with Crippen molar-refractivity contribution < 1.29 is 4.74 Å². The lowest BCUT2D eigenvalue weighted by Gasteiger charge is -2.27. The molecule has 0 aromatic carbocycles. The van der Waals surface area contributed by atoms with Crippen LogP contribution in [0.5, 0.6) is 0 Å². The van der Waals surface area contributed by atoms with E-state index in [0.717, 1.165) is 32.2 Å². The summed E-state index contributed by atoms with van der Waals surface area (Å²) in [5, 5.41) is 0. The van der Waals surface area contributed by atoms with Gasteiger partial charge in [-0.2, -0.15) is 0 Å². The predicted molar refractivity (Wildman–Crippen MR) is 82.3 cm³/mol. The van der Waals surface area contributed by atoms with Crippen LogP contribution in [0.1, 0.15) is 44.9 Å². The van der Waals surface area contributed by atoms with E-state index in [1.165, 1.54) is 44.9 Å². The van der Waals surface area contributed by atoms with Gasteiger partial charge in [0.15, 0.2) is 0 Å². The summed E-state index contributed by atoms with van der Waals surface area (Å²) in [5.74, 6) is 0.750. The maximum atomic E-state index is 5.96. The zero-order valence-corrected chi connectivity index (χ0v) is 12.7. The van der Waals surface area contributed by atoms with E-state index < -0.39 is 0 Å². The average molecular weight is 268 g/mol. The van der Waals surface area contributed by atoms with E-state index in [4.69, 9.17) is 10.5 Å². The van der Waals surface area contributed by atoms with Crippen molar-refractivity contribution in [3.63, 3.8) is 0 Å². The molecule has 0 aromatic heterocycles. The highest BCUT2D eigenvalue weighted by Crippen LogP contribution is 2.25. The van der Waals surface area contributed by atoms with E-state index in [1.54, 1.807) is 0 Å². The van der Waals surface area contributed by atoms with Gasteiger partial charge in [0, 0.05) is 13.2 Å². The first-order chi connectivity index (χ1) is 9.26.